The topological polar surface area (TPSA) is 61.9 Å². The first-order valence-corrected chi connectivity index (χ1v) is 8.21. The summed E-state index contributed by atoms with van der Waals surface area (Å²) in [6.45, 7) is 1.94. The summed E-state index contributed by atoms with van der Waals surface area (Å²) in [7, 11) is 1.36. The maximum atomic E-state index is 12.3. The van der Waals surface area contributed by atoms with Gasteiger partial charge in [0.2, 0.25) is 0 Å². The molecule has 25 heavy (non-hydrogen) atoms. The number of ether oxygens (including phenoxy) is 1. The molecule has 0 saturated carbocycles. The molecule has 3 rings (SSSR count). The van der Waals surface area contributed by atoms with Gasteiger partial charge in [-0.15, -0.1) is 0 Å². The molecule has 2 aromatic rings. The Bertz CT molecular complexity index is 723. The SMILES string of the molecule is COC(=O)N1CCN(C(=O)Nc2ccc(-c3ccccc3)cc2)CC1. The van der Waals surface area contributed by atoms with Crippen molar-refractivity contribution in [3.05, 3.63) is 54.6 Å². The molecule has 0 spiro atoms. The predicted molar refractivity (Wildman–Crippen MR) is 96.4 cm³/mol. The summed E-state index contributed by atoms with van der Waals surface area (Å²) in [5.74, 6) is 0. The van der Waals surface area contributed by atoms with E-state index in [0.29, 0.717) is 26.2 Å². The Kier molecular flexibility index (Phi) is 5.18. The number of benzene rings is 2. The fourth-order valence-corrected chi connectivity index (χ4v) is 2.80. The number of nitrogens with one attached hydrogen (secondary N) is 1. The average molecular weight is 339 g/mol. The van der Waals surface area contributed by atoms with Gasteiger partial charge in [0.1, 0.15) is 0 Å². The van der Waals surface area contributed by atoms with Gasteiger partial charge in [-0.2, -0.15) is 0 Å². The Labute approximate surface area is 147 Å². The number of hydrogen-bond acceptors (Lipinski definition) is 3. The first kappa shape index (κ1) is 16.8. The largest absolute Gasteiger partial charge is 0.453 e. The lowest BCUT2D eigenvalue weighted by Crippen LogP contribution is -2.51. The van der Waals surface area contributed by atoms with Crippen LogP contribution in [0.1, 0.15) is 0 Å². The summed E-state index contributed by atoms with van der Waals surface area (Å²) in [5.41, 5.74) is 2.99. The second kappa shape index (κ2) is 7.70. The van der Waals surface area contributed by atoms with E-state index in [1.54, 1.807) is 9.80 Å². The van der Waals surface area contributed by atoms with Gasteiger partial charge in [-0.1, -0.05) is 42.5 Å². The molecule has 3 amide bonds. The molecule has 0 radical (unpaired) electrons. The monoisotopic (exact) mass is 339 g/mol. The Morgan fingerprint density at radius 3 is 2.00 bits per heavy atom. The van der Waals surface area contributed by atoms with Crippen LogP contribution in [0.3, 0.4) is 0 Å². The lowest BCUT2D eigenvalue weighted by Gasteiger charge is -2.33. The van der Waals surface area contributed by atoms with Gasteiger partial charge in [0, 0.05) is 31.9 Å². The zero-order valence-corrected chi connectivity index (χ0v) is 14.1. The van der Waals surface area contributed by atoms with Crippen LogP contribution in [-0.4, -0.2) is 55.2 Å². The van der Waals surface area contributed by atoms with Crippen LogP contribution < -0.4 is 5.32 Å². The second-order valence-corrected chi connectivity index (χ2v) is 5.82. The molecule has 1 fully saturated rings. The van der Waals surface area contributed by atoms with Gasteiger partial charge in [-0.25, -0.2) is 9.59 Å². The molecule has 6 heteroatoms. The summed E-state index contributed by atoms with van der Waals surface area (Å²) in [5, 5.41) is 2.90. The van der Waals surface area contributed by atoms with Crippen LogP contribution in [0, 0.1) is 0 Å². The molecule has 1 heterocycles. The number of urea groups is 1. The van der Waals surface area contributed by atoms with E-state index in [4.69, 9.17) is 4.74 Å². The smallest absolute Gasteiger partial charge is 0.409 e. The number of carbonyl (C=O) groups excluding carboxylic acids is 2. The standard InChI is InChI=1S/C19H21N3O3/c1-25-19(24)22-13-11-21(12-14-22)18(23)20-17-9-7-16(8-10-17)15-5-3-2-4-6-15/h2-10H,11-14H2,1H3,(H,20,23). The molecule has 6 nitrogen and oxygen atoms in total. The summed E-state index contributed by atoms with van der Waals surface area (Å²) < 4.78 is 4.70. The van der Waals surface area contributed by atoms with Gasteiger partial charge >= 0.3 is 12.1 Å². The highest BCUT2D eigenvalue weighted by Gasteiger charge is 2.24. The van der Waals surface area contributed by atoms with E-state index in [9.17, 15) is 9.59 Å². The molecule has 0 unspecified atom stereocenters. The maximum Gasteiger partial charge on any atom is 0.409 e. The molecular weight excluding hydrogens is 318 g/mol. The minimum Gasteiger partial charge on any atom is -0.453 e. The molecule has 1 aliphatic rings. The highest BCUT2D eigenvalue weighted by Crippen LogP contribution is 2.21. The second-order valence-electron chi connectivity index (χ2n) is 5.82. The minimum atomic E-state index is -0.350. The van der Waals surface area contributed by atoms with Gasteiger partial charge < -0.3 is 19.9 Å². The first-order valence-electron chi connectivity index (χ1n) is 8.21. The van der Waals surface area contributed by atoms with Crippen molar-refractivity contribution in [2.45, 2.75) is 0 Å². The van der Waals surface area contributed by atoms with Crippen molar-refractivity contribution >= 4 is 17.8 Å². The van der Waals surface area contributed by atoms with Crippen molar-refractivity contribution in [1.82, 2.24) is 9.80 Å². The van der Waals surface area contributed by atoms with E-state index in [2.05, 4.69) is 5.32 Å². The Morgan fingerprint density at radius 2 is 1.40 bits per heavy atom. The molecule has 0 aromatic heterocycles. The molecule has 2 aromatic carbocycles. The van der Waals surface area contributed by atoms with E-state index >= 15 is 0 Å². The van der Waals surface area contributed by atoms with Crippen molar-refractivity contribution in [2.75, 3.05) is 38.6 Å². The van der Waals surface area contributed by atoms with Crippen LogP contribution in [0.2, 0.25) is 0 Å². The third-order valence-corrected chi connectivity index (χ3v) is 4.24. The fourth-order valence-electron chi connectivity index (χ4n) is 2.80. The van der Waals surface area contributed by atoms with Crippen LogP contribution >= 0.6 is 0 Å². The fraction of sp³-hybridized carbons (Fsp3) is 0.263. The molecule has 1 saturated heterocycles. The van der Waals surface area contributed by atoms with Crippen LogP contribution in [0.4, 0.5) is 15.3 Å². The summed E-state index contributed by atoms with van der Waals surface area (Å²) >= 11 is 0. The lowest BCUT2D eigenvalue weighted by molar-refractivity contribution is 0.0993. The third kappa shape index (κ3) is 4.09. The number of piperazine rings is 1. The zero-order valence-electron chi connectivity index (χ0n) is 14.1. The highest BCUT2D eigenvalue weighted by atomic mass is 16.5. The minimum absolute atomic E-state index is 0.156. The van der Waals surface area contributed by atoms with Gasteiger partial charge in [0.05, 0.1) is 7.11 Å². The number of carbonyl (C=O) groups is 2. The van der Waals surface area contributed by atoms with E-state index in [0.717, 1.165) is 16.8 Å². The molecule has 130 valence electrons. The van der Waals surface area contributed by atoms with Crippen LogP contribution in [0.5, 0.6) is 0 Å². The summed E-state index contributed by atoms with van der Waals surface area (Å²) in [6, 6.07) is 17.7. The predicted octanol–water partition coefficient (Wildman–Crippen LogP) is 3.27. The van der Waals surface area contributed by atoms with E-state index in [1.807, 2.05) is 54.6 Å². The van der Waals surface area contributed by atoms with Crippen molar-refractivity contribution in [3.63, 3.8) is 0 Å². The molecule has 0 atom stereocenters. The summed E-state index contributed by atoms with van der Waals surface area (Å²) in [6.07, 6.45) is -0.350. The van der Waals surface area contributed by atoms with Crippen molar-refractivity contribution in [3.8, 4) is 11.1 Å². The number of amides is 3. The van der Waals surface area contributed by atoms with Gasteiger partial charge in [0.15, 0.2) is 0 Å². The number of nitrogens with zero attached hydrogens (tertiary/aromatic N) is 2. The number of hydrogen-bond donors (Lipinski definition) is 1. The summed E-state index contributed by atoms with van der Waals surface area (Å²) in [4.78, 5) is 27.1. The number of methoxy groups -OCH3 is 1. The van der Waals surface area contributed by atoms with Gasteiger partial charge in [-0.3, -0.25) is 0 Å². The highest BCUT2D eigenvalue weighted by molar-refractivity contribution is 5.89. The number of rotatable bonds is 2. The van der Waals surface area contributed by atoms with Crippen LogP contribution in [0.25, 0.3) is 11.1 Å². The van der Waals surface area contributed by atoms with Crippen molar-refractivity contribution < 1.29 is 14.3 Å². The average Bonchev–Trinajstić information content (AvgIpc) is 2.68. The Balaban J connectivity index is 1.56. The Hall–Kier alpha value is -3.02. The lowest BCUT2D eigenvalue weighted by atomic mass is 10.1. The van der Waals surface area contributed by atoms with Crippen molar-refractivity contribution in [1.29, 1.82) is 0 Å². The molecular formula is C19H21N3O3. The maximum absolute atomic E-state index is 12.3. The zero-order chi connectivity index (χ0) is 17.6. The quantitative estimate of drug-likeness (QED) is 0.913. The normalized spacial score (nSPS) is 14.1. The molecule has 1 N–H and O–H groups in total. The third-order valence-electron chi connectivity index (χ3n) is 4.24. The molecule has 0 bridgehead atoms. The Morgan fingerprint density at radius 1 is 0.840 bits per heavy atom. The molecule has 0 aliphatic carbocycles. The van der Waals surface area contributed by atoms with E-state index in [1.165, 1.54) is 7.11 Å². The van der Waals surface area contributed by atoms with Crippen molar-refractivity contribution in [2.24, 2.45) is 0 Å². The first-order chi connectivity index (χ1) is 12.2. The number of anilines is 1. The molecule has 1 aliphatic heterocycles. The van der Waals surface area contributed by atoms with E-state index in [-0.39, 0.29) is 12.1 Å². The van der Waals surface area contributed by atoms with Gasteiger partial charge in [0.25, 0.3) is 0 Å². The van der Waals surface area contributed by atoms with Gasteiger partial charge in [-0.05, 0) is 23.3 Å². The van der Waals surface area contributed by atoms with Crippen LogP contribution in [0.15, 0.2) is 54.6 Å². The van der Waals surface area contributed by atoms with E-state index < -0.39 is 0 Å². The van der Waals surface area contributed by atoms with Crippen LogP contribution in [-0.2, 0) is 4.74 Å².